The molecular weight excluding hydrogens is 284 g/mol. The fraction of sp³-hybridized carbons (Fsp3) is 0.111. The summed E-state index contributed by atoms with van der Waals surface area (Å²) in [6, 6.07) is -0.0809. The van der Waals surface area contributed by atoms with E-state index in [1.807, 2.05) is 0 Å². The number of carbonyl (C=O) groups is 2. The van der Waals surface area contributed by atoms with Crippen molar-refractivity contribution in [2.24, 2.45) is 5.73 Å². The number of benzene rings is 1. The van der Waals surface area contributed by atoms with Crippen LogP contribution in [0, 0.1) is 11.6 Å². The zero-order chi connectivity index (χ0) is 14.8. The van der Waals surface area contributed by atoms with E-state index in [1.54, 1.807) is 0 Å². The van der Waals surface area contributed by atoms with E-state index in [0.29, 0.717) is 12.1 Å². The molecule has 0 saturated heterocycles. The minimum absolute atomic E-state index is 0.310. The van der Waals surface area contributed by atoms with Crippen molar-refractivity contribution in [3.63, 3.8) is 0 Å². The van der Waals surface area contributed by atoms with E-state index in [-0.39, 0.29) is 5.69 Å². The van der Waals surface area contributed by atoms with Gasteiger partial charge in [0.2, 0.25) is 5.91 Å². The summed E-state index contributed by atoms with van der Waals surface area (Å²) < 4.78 is 50.1. The van der Waals surface area contributed by atoms with Gasteiger partial charge in [0.05, 0.1) is 0 Å². The molecule has 0 aliphatic heterocycles. The number of nitrogen functional groups attached to an aromatic ring is 1. The van der Waals surface area contributed by atoms with Crippen molar-refractivity contribution in [1.29, 1.82) is 0 Å². The number of rotatable bonds is 3. The molecule has 0 bridgehead atoms. The highest BCUT2D eigenvalue weighted by atomic mass is 32.2. The Hall–Kier alpha value is -2.23. The Morgan fingerprint density at radius 3 is 2.11 bits per heavy atom. The number of primary amides is 1. The fourth-order valence-electron chi connectivity index (χ4n) is 1.29. The molecule has 7 nitrogen and oxygen atoms in total. The first-order valence-corrected chi connectivity index (χ1v) is 6.35. The Labute approximate surface area is 106 Å². The number of hydrogen-bond donors (Lipinski definition) is 3. The molecule has 0 aliphatic rings. The summed E-state index contributed by atoms with van der Waals surface area (Å²) in [5, 5.41) is 1.47. The lowest BCUT2D eigenvalue weighted by molar-refractivity contribution is -0.117. The van der Waals surface area contributed by atoms with E-state index in [0.717, 1.165) is 0 Å². The van der Waals surface area contributed by atoms with Crippen LogP contribution in [0.1, 0.15) is 0 Å². The lowest BCUT2D eigenvalue weighted by Crippen LogP contribution is -2.38. The SMILES string of the molecule is NC(=O)NC(=O)CS(=O)(=O)c1c(F)cc(N)cc1F. The monoisotopic (exact) mass is 293 g/mol. The predicted octanol–water partition coefficient (Wildman–Crippen LogP) is -0.484. The molecule has 5 N–H and O–H groups in total. The maximum Gasteiger partial charge on any atom is 0.318 e. The molecule has 0 saturated carbocycles. The molecule has 0 unspecified atom stereocenters. The third-order valence-electron chi connectivity index (χ3n) is 1.92. The molecule has 0 aliphatic carbocycles. The van der Waals surface area contributed by atoms with Gasteiger partial charge in [-0.15, -0.1) is 0 Å². The van der Waals surface area contributed by atoms with Crippen molar-refractivity contribution in [2.45, 2.75) is 4.90 Å². The average molecular weight is 293 g/mol. The zero-order valence-corrected chi connectivity index (χ0v) is 10.1. The van der Waals surface area contributed by atoms with Crippen molar-refractivity contribution in [1.82, 2.24) is 5.32 Å². The predicted molar refractivity (Wildman–Crippen MR) is 60.5 cm³/mol. The largest absolute Gasteiger partial charge is 0.399 e. The van der Waals surface area contributed by atoms with E-state index in [2.05, 4.69) is 5.73 Å². The summed E-state index contributed by atoms with van der Waals surface area (Å²) in [7, 11) is -4.61. The number of nitrogens with two attached hydrogens (primary N) is 2. The van der Waals surface area contributed by atoms with Crippen LogP contribution in [0.15, 0.2) is 17.0 Å². The number of halogens is 2. The van der Waals surface area contributed by atoms with E-state index in [1.165, 1.54) is 5.32 Å². The molecule has 104 valence electrons. The molecule has 0 fully saturated rings. The van der Waals surface area contributed by atoms with Gasteiger partial charge in [0, 0.05) is 5.69 Å². The van der Waals surface area contributed by atoms with Gasteiger partial charge in [0.1, 0.15) is 22.3 Å². The first-order valence-electron chi connectivity index (χ1n) is 4.70. The van der Waals surface area contributed by atoms with Gasteiger partial charge in [0.25, 0.3) is 0 Å². The first-order chi connectivity index (χ1) is 8.63. The Kier molecular flexibility index (Phi) is 4.04. The molecule has 0 atom stereocenters. The number of hydrogen-bond acceptors (Lipinski definition) is 5. The third-order valence-corrected chi connectivity index (χ3v) is 3.57. The van der Waals surface area contributed by atoms with Crippen LogP contribution in [-0.2, 0) is 14.6 Å². The van der Waals surface area contributed by atoms with Gasteiger partial charge in [-0.25, -0.2) is 22.0 Å². The quantitative estimate of drug-likeness (QED) is 0.647. The van der Waals surface area contributed by atoms with Crippen molar-refractivity contribution < 1.29 is 26.8 Å². The van der Waals surface area contributed by atoms with Crippen LogP contribution in [0.2, 0.25) is 0 Å². The molecule has 1 aromatic rings. The molecule has 1 rings (SSSR count). The van der Waals surface area contributed by atoms with Crippen LogP contribution < -0.4 is 16.8 Å². The molecule has 1 aromatic carbocycles. The maximum atomic E-state index is 13.4. The normalized spacial score (nSPS) is 11.1. The summed E-state index contributed by atoms with van der Waals surface area (Å²) in [5.74, 6) is -5.48. The summed E-state index contributed by atoms with van der Waals surface area (Å²) in [6.07, 6.45) is 0. The number of amides is 3. The second kappa shape index (κ2) is 5.18. The number of sulfone groups is 1. The van der Waals surface area contributed by atoms with Gasteiger partial charge >= 0.3 is 6.03 Å². The van der Waals surface area contributed by atoms with E-state index in [9.17, 15) is 26.8 Å². The Bertz CT molecular complexity index is 622. The van der Waals surface area contributed by atoms with Crippen LogP contribution in [0.3, 0.4) is 0 Å². The topological polar surface area (TPSA) is 132 Å². The van der Waals surface area contributed by atoms with Crippen molar-refractivity contribution in [3.8, 4) is 0 Å². The molecule has 10 heteroatoms. The van der Waals surface area contributed by atoms with Crippen LogP contribution in [0.5, 0.6) is 0 Å². The lowest BCUT2D eigenvalue weighted by Gasteiger charge is -2.07. The number of nitrogens with one attached hydrogen (secondary N) is 1. The fourth-order valence-corrected chi connectivity index (χ4v) is 2.57. The first kappa shape index (κ1) is 14.8. The van der Waals surface area contributed by atoms with Gasteiger partial charge in [-0.05, 0) is 12.1 Å². The minimum Gasteiger partial charge on any atom is -0.399 e. The van der Waals surface area contributed by atoms with Gasteiger partial charge in [-0.2, -0.15) is 0 Å². The van der Waals surface area contributed by atoms with E-state index >= 15 is 0 Å². The summed E-state index contributed by atoms with van der Waals surface area (Å²) in [6.45, 7) is 0. The van der Waals surface area contributed by atoms with Gasteiger partial charge in [-0.3, -0.25) is 10.1 Å². The molecule has 0 aromatic heterocycles. The van der Waals surface area contributed by atoms with E-state index < -0.39 is 44.1 Å². The van der Waals surface area contributed by atoms with Crippen LogP contribution in [0.4, 0.5) is 19.3 Å². The van der Waals surface area contributed by atoms with Crippen molar-refractivity contribution >= 4 is 27.5 Å². The zero-order valence-electron chi connectivity index (χ0n) is 9.31. The highest BCUT2D eigenvalue weighted by molar-refractivity contribution is 7.92. The van der Waals surface area contributed by atoms with Crippen LogP contribution in [0.25, 0.3) is 0 Å². The van der Waals surface area contributed by atoms with Crippen molar-refractivity contribution in [2.75, 3.05) is 11.5 Å². The minimum atomic E-state index is -4.61. The highest BCUT2D eigenvalue weighted by Gasteiger charge is 2.27. The number of urea groups is 1. The average Bonchev–Trinajstić information content (AvgIpc) is 2.10. The lowest BCUT2D eigenvalue weighted by atomic mass is 10.3. The van der Waals surface area contributed by atoms with Crippen LogP contribution in [-0.4, -0.2) is 26.1 Å². The molecular formula is C9H9F2N3O4S. The smallest absolute Gasteiger partial charge is 0.318 e. The standard InChI is InChI=1S/C9H9F2N3O4S/c10-5-1-4(12)2-6(11)8(5)19(17,18)3-7(15)14-9(13)16/h1-2H,3,12H2,(H3,13,14,15,16). The van der Waals surface area contributed by atoms with Gasteiger partial charge in [0.15, 0.2) is 9.84 Å². The maximum absolute atomic E-state index is 13.4. The molecule has 19 heavy (non-hydrogen) atoms. The van der Waals surface area contributed by atoms with Gasteiger partial charge in [-0.1, -0.05) is 0 Å². The van der Waals surface area contributed by atoms with Gasteiger partial charge < -0.3 is 11.5 Å². The highest BCUT2D eigenvalue weighted by Crippen LogP contribution is 2.22. The Morgan fingerprint density at radius 2 is 1.68 bits per heavy atom. The number of anilines is 1. The summed E-state index contributed by atoms with van der Waals surface area (Å²) >= 11 is 0. The van der Waals surface area contributed by atoms with Crippen molar-refractivity contribution in [3.05, 3.63) is 23.8 Å². The second-order valence-electron chi connectivity index (χ2n) is 3.49. The molecule has 3 amide bonds. The molecule has 0 heterocycles. The number of imide groups is 1. The summed E-state index contributed by atoms with van der Waals surface area (Å²) in [5.41, 5.74) is 9.41. The molecule has 0 radical (unpaired) electrons. The Balaban J connectivity index is 3.15. The van der Waals surface area contributed by atoms with E-state index in [4.69, 9.17) is 5.73 Å². The summed E-state index contributed by atoms with van der Waals surface area (Å²) in [4.78, 5) is 20.1. The number of carbonyl (C=O) groups excluding carboxylic acids is 2. The second-order valence-corrected chi connectivity index (χ2v) is 5.41. The Morgan fingerprint density at radius 1 is 1.21 bits per heavy atom. The third kappa shape index (κ3) is 3.61. The van der Waals surface area contributed by atoms with Crippen LogP contribution >= 0.6 is 0 Å². The molecule has 0 spiro atoms.